The van der Waals surface area contributed by atoms with Crippen molar-refractivity contribution in [2.45, 2.75) is 25.9 Å². The van der Waals surface area contributed by atoms with Crippen molar-refractivity contribution in [3.8, 4) is 5.75 Å². The van der Waals surface area contributed by atoms with Gasteiger partial charge < -0.3 is 15.2 Å². The molecule has 1 aromatic carbocycles. The standard InChI is InChI=1S/C13H17F2NO3/c1-9-3-5-11(6-4-9)19-10(2)12(18)16-7-13(14,15)8-17/h3-6,10,17H,7-8H2,1-2H3,(H,16,18). The van der Waals surface area contributed by atoms with Crippen molar-refractivity contribution >= 4 is 5.91 Å². The molecule has 1 amide bonds. The number of hydrogen-bond donors (Lipinski definition) is 2. The minimum Gasteiger partial charge on any atom is -0.481 e. The summed E-state index contributed by atoms with van der Waals surface area (Å²) in [6.45, 7) is 1.16. The Labute approximate surface area is 110 Å². The van der Waals surface area contributed by atoms with Crippen LogP contribution < -0.4 is 10.1 Å². The topological polar surface area (TPSA) is 58.6 Å². The Morgan fingerprint density at radius 2 is 2.00 bits per heavy atom. The summed E-state index contributed by atoms with van der Waals surface area (Å²) in [5.74, 6) is -3.49. The summed E-state index contributed by atoms with van der Waals surface area (Å²) in [4.78, 5) is 11.5. The Hall–Kier alpha value is -1.69. The third-order valence-electron chi connectivity index (χ3n) is 2.46. The fourth-order valence-corrected chi connectivity index (χ4v) is 1.29. The average molecular weight is 273 g/mol. The second kappa shape index (κ2) is 6.47. The van der Waals surface area contributed by atoms with E-state index in [0.29, 0.717) is 5.75 Å². The van der Waals surface area contributed by atoms with Crippen LogP contribution in [0.4, 0.5) is 8.78 Å². The Kier molecular flexibility index (Phi) is 5.23. The van der Waals surface area contributed by atoms with E-state index < -0.39 is 31.1 Å². The number of nitrogens with one attached hydrogen (secondary N) is 1. The summed E-state index contributed by atoms with van der Waals surface area (Å²) in [6, 6.07) is 7.03. The Morgan fingerprint density at radius 1 is 1.42 bits per heavy atom. The largest absolute Gasteiger partial charge is 0.481 e. The predicted molar refractivity (Wildman–Crippen MR) is 66.3 cm³/mol. The molecule has 0 heterocycles. The van der Waals surface area contributed by atoms with Crippen molar-refractivity contribution in [3.63, 3.8) is 0 Å². The summed E-state index contributed by atoms with van der Waals surface area (Å²) in [5.41, 5.74) is 1.05. The van der Waals surface area contributed by atoms with Gasteiger partial charge in [0.15, 0.2) is 6.10 Å². The normalized spacial score (nSPS) is 12.9. The van der Waals surface area contributed by atoms with Crippen LogP contribution >= 0.6 is 0 Å². The number of aliphatic hydroxyl groups excluding tert-OH is 1. The van der Waals surface area contributed by atoms with Crippen LogP contribution in [0.1, 0.15) is 12.5 Å². The number of rotatable bonds is 6. The number of carbonyl (C=O) groups excluding carboxylic acids is 1. The highest BCUT2D eigenvalue weighted by Crippen LogP contribution is 2.14. The highest BCUT2D eigenvalue weighted by molar-refractivity contribution is 5.80. The van der Waals surface area contributed by atoms with Gasteiger partial charge in [0, 0.05) is 0 Å². The number of carbonyl (C=O) groups is 1. The van der Waals surface area contributed by atoms with E-state index >= 15 is 0 Å². The third kappa shape index (κ3) is 5.21. The van der Waals surface area contributed by atoms with Gasteiger partial charge in [0.25, 0.3) is 11.8 Å². The lowest BCUT2D eigenvalue weighted by Crippen LogP contribution is -2.44. The summed E-state index contributed by atoms with van der Waals surface area (Å²) in [7, 11) is 0. The van der Waals surface area contributed by atoms with E-state index in [4.69, 9.17) is 9.84 Å². The van der Waals surface area contributed by atoms with Crippen molar-refractivity contribution in [3.05, 3.63) is 29.8 Å². The van der Waals surface area contributed by atoms with Crippen LogP contribution in [0.25, 0.3) is 0 Å². The van der Waals surface area contributed by atoms with Gasteiger partial charge in [0.2, 0.25) is 0 Å². The van der Waals surface area contributed by atoms with Gasteiger partial charge in [0.05, 0.1) is 6.54 Å². The number of ether oxygens (including phenoxy) is 1. The lowest BCUT2D eigenvalue weighted by Gasteiger charge is -2.18. The number of benzene rings is 1. The molecule has 0 saturated heterocycles. The Bertz CT molecular complexity index is 420. The zero-order chi connectivity index (χ0) is 14.5. The van der Waals surface area contributed by atoms with E-state index in [1.807, 2.05) is 24.4 Å². The molecule has 19 heavy (non-hydrogen) atoms. The molecule has 0 aliphatic rings. The Morgan fingerprint density at radius 3 is 2.53 bits per heavy atom. The highest BCUT2D eigenvalue weighted by atomic mass is 19.3. The summed E-state index contributed by atoms with van der Waals surface area (Å²) >= 11 is 0. The summed E-state index contributed by atoms with van der Waals surface area (Å²) in [6.07, 6.45) is -0.891. The van der Waals surface area contributed by atoms with E-state index in [0.717, 1.165) is 5.56 Å². The van der Waals surface area contributed by atoms with Crippen LogP contribution in [-0.2, 0) is 4.79 Å². The number of alkyl halides is 2. The molecule has 0 fully saturated rings. The van der Waals surface area contributed by atoms with Crippen molar-refractivity contribution in [1.29, 1.82) is 0 Å². The van der Waals surface area contributed by atoms with Gasteiger partial charge in [-0.25, -0.2) is 8.78 Å². The van der Waals surface area contributed by atoms with Gasteiger partial charge in [-0.3, -0.25) is 4.79 Å². The zero-order valence-electron chi connectivity index (χ0n) is 10.8. The van der Waals surface area contributed by atoms with Crippen molar-refractivity contribution in [2.75, 3.05) is 13.2 Å². The van der Waals surface area contributed by atoms with Crippen molar-refractivity contribution < 1.29 is 23.4 Å². The van der Waals surface area contributed by atoms with Gasteiger partial charge in [-0.1, -0.05) is 17.7 Å². The molecule has 1 unspecified atom stereocenters. The molecule has 0 aliphatic carbocycles. The molecule has 6 heteroatoms. The van der Waals surface area contributed by atoms with Gasteiger partial charge in [0.1, 0.15) is 12.4 Å². The molecule has 0 aliphatic heterocycles. The molecule has 2 N–H and O–H groups in total. The minimum absolute atomic E-state index is 0.488. The van der Waals surface area contributed by atoms with E-state index in [-0.39, 0.29) is 0 Å². The smallest absolute Gasteiger partial charge is 0.287 e. The van der Waals surface area contributed by atoms with Gasteiger partial charge >= 0.3 is 0 Å². The van der Waals surface area contributed by atoms with Crippen LogP contribution in [0.3, 0.4) is 0 Å². The number of hydrogen-bond acceptors (Lipinski definition) is 3. The highest BCUT2D eigenvalue weighted by Gasteiger charge is 2.29. The molecule has 4 nitrogen and oxygen atoms in total. The number of aliphatic hydroxyl groups is 1. The second-order valence-corrected chi connectivity index (χ2v) is 4.31. The fourth-order valence-electron chi connectivity index (χ4n) is 1.29. The molecule has 1 atom stereocenters. The van der Waals surface area contributed by atoms with E-state index in [1.54, 1.807) is 12.1 Å². The van der Waals surface area contributed by atoms with Gasteiger partial charge in [-0.2, -0.15) is 0 Å². The van der Waals surface area contributed by atoms with E-state index in [9.17, 15) is 13.6 Å². The van der Waals surface area contributed by atoms with Crippen molar-refractivity contribution in [1.82, 2.24) is 5.32 Å². The van der Waals surface area contributed by atoms with Crippen LogP contribution in [0, 0.1) is 6.92 Å². The quantitative estimate of drug-likeness (QED) is 0.826. The first kappa shape index (κ1) is 15.4. The minimum atomic E-state index is -3.32. The van der Waals surface area contributed by atoms with E-state index in [2.05, 4.69) is 0 Å². The maximum Gasteiger partial charge on any atom is 0.287 e. The first-order valence-electron chi connectivity index (χ1n) is 5.84. The molecule has 106 valence electrons. The van der Waals surface area contributed by atoms with Crippen molar-refractivity contribution in [2.24, 2.45) is 0 Å². The summed E-state index contributed by atoms with van der Waals surface area (Å²) < 4.78 is 30.8. The first-order valence-corrected chi connectivity index (χ1v) is 5.84. The number of aryl methyl sites for hydroxylation is 1. The van der Waals surface area contributed by atoms with Crippen LogP contribution in [0.5, 0.6) is 5.75 Å². The fraction of sp³-hybridized carbons (Fsp3) is 0.462. The molecule has 1 rings (SSSR count). The van der Waals surface area contributed by atoms with Crippen LogP contribution in [-0.4, -0.2) is 36.2 Å². The van der Waals surface area contributed by atoms with Gasteiger partial charge in [-0.15, -0.1) is 0 Å². The molecule has 0 spiro atoms. The van der Waals surface area contributed by atoms with Crippen LogP contribution in [0.2, 0.25) is 0 Å². The number of amides is 1. The van der Waals surface area contributed by atoms with Crippen LogP contribution in [0.15, 0.2) is 24.3 Å². The predicted octanol–water partition coefficient (Wildman–Crippen LogP) is 1.51. The molecular formula is C13H17F2NO3. The SMILES string of the molecule is Cc1ccc(OC(C)C(=O)NCC(F)(F)CO)cc1. The lowest BCUT2D eigenvalue weighted by molar-refractivity contribution is -0.130. The monoisotopic (exact) mass is 273 g/mol. The molecule has 1 aromatic rings. The molecule has 0 bridgehead atoms. The van der Waals surface area contributed by atoms with E-state index in [1.165, 1.54) is 6.92 Å². The Balaban J connectivity index is 2.47. The number of halogens is 2. The average Bonchev–Trinajstić information content (AvgIpc) is 2.38. The third-order valence-corrected chi connectivity index (χ3v) is 2.46. The first-order chi connectivity index (χ1) is 8.84. The van der Waals surface area contributed by atoms with Gasteiger partial charge in [-0.05, 0) is 26.0 Å². The maximum atomic E-state index is 12.7. The molecule has 0 radical (unpaired) electrons. The summed E-state index contributed by atoms with van der Waals surface area (Å²) in [5, 5.41) is 10.4. The zero-order valence-corrected chi connectivity index (χ0v) is 10.8. The maximum absolute atomic E-state index is 12.7. The second-order valence-electron chi connectivity index (χ2n) is 4.31. The molecule has 0 saturated carbocycles. The lowest BCUT2D eigenvalue weighted by atomic mass is 10.2. The molecular weight excluding hydrogens is 256 g/mol. The molecule has 0 aromatic heterocycles.